The van der Waals surface area contributed by atoms with E-state index in [0.717, 1.165) is 49.6 Å². The molecule has 3 heterocycles. The summed E-state index contributed by atoms with van der Waals surface area (Å²) in [6.07, 6.45) is 1.10. The van der Waals surface area contributed by atoms with Gasteiger partial charge in [0.1, 0.15) is 6.07 Å². The maximum absolute atomic E-state index is 11.7. The van der Waals surface area contributed by atoms with Crippen LogP contribution >= 0.6 is 0 Å². The van der Waals surface area contributed by atoms with Crippen LogP contribution < -0.4 is 0 Å². The van der Waals surface area contributed by atoms with E-state index in [1.54, 1.807) is 24.3 Å². The minimum absolute atomic E-state index is 0.151. The second-order valence-electron chi connectivity index (χ2n) is 21.5. The van der Waals surface area contributed by atoms with E-state index in [-0.39, 0.29) is 50.1 Å². The first kappa shape index (κ1) is 54.3. The first-order valence-electron chi connectivity index (χ1n) is 28.1. The van der Waals surface area contributed by atoms with Crippen LogP contribution in [0.4, 0.5) is 0 Å². The summed E-state index contributed by atoms with van der Waals surface area (Å²) >= 11 is 0. The van der Waals surface area contributed by atoms with Crippen LogP contribution in [-0.4, -0.2) is 19.9 Å². The molecule has 91 heavy (non-hydrogen) atoms. The number of nitrogens with one attached hydrogen (secondary N) is 1. The van der Waals surface area contributed by atoms with Crippen LogP contribution in [0.5, 0.6) is 0 Å². The Kier molecular flexibility index (Phi) is 12.8. The number of nitrogens with zero attached hydrogens (tertiary/aromatic N) is 13. The van der Waals surface area contributed by atoms with Gasteiger partial charge >= 0.3 is 0 Å². The molecule has 0 unspecified atom stereocenters. The normalized spacial score (nSPS) is 10.8. The summed E-state index contributed by atoms with van der Waals surface area (Å²) in [5, 5.41) is 118. The highest BCUT2D eigenvalue weighted by molar-refractivity contribution is 6.15. The van der Waals surface area contributed by atoms with Gasteiger partial charge in [0.15, 0.2) is 0 Å². The molecular formula is C77H34N14. The van der Waals surface area contributed by atoms with E-state index >= 15 is 0 Å². The Morgan fingerprint density at radius 3 is 1.03 bits per heavy atom. The average Bonchev–Trinajstić information content (AvgIpc) is 1.60. The van der Waals surface area contributed by atoms with Crippen molar-refractivity contribution in [1.29, 1.82) is 58.0 Å². The Morgan fingerprint density at radius 2 is 0.637 bits per heavy atom. The van der Waals surface area contributed by atoms with Gasteiger partial charge in [0.2, 0.25) is 0 Å². The van der Waals surface area contributed by atoms with E-state index in [0.29, 0.717) is 94.8 Å². The first-order valence-corrected chi connectivity index (χ1v) is 28.1. The number of aromatic nitrogens is 3. The molecule has 0 radical (unpaired) electrons. The van der Waals surface area contributed by atoms with Crippen molar-refractivity contribution in [3.63, 3.8) is 0 Å². The van der Waals surface area contributed by atoms with Gasteiger partial charge in [-0.05, 0) is 138 Å². The summed E-state index contributed by atoms with van der Waals surface area (Å²) in [6.45, 7) is 0. The van der Waals surface area contributed by atoms with Crippen molar-refractivity contribution >= 4 is 71.6 Å². The van der Waals surface area contributed by atoms with E-state index in [1.165, 1.54) is 24.3 Å². The lowest BCUT2D eigenvalue weighted by Gasteiger charge is -2.24. The van der Waals surface area contributed by atoms with Gasteiger partial charge in [-0.1, -0.05) is 78.9 Å². The average molecular weight is 1160 g/mol. The van der Waals surface area contributed by atoms with Crippen LogP contribution in [0.2, 0.25) is 0 Å². The van der Waals surface area contributed by atoms with Crippen molar-refractivity contribution < 1.29 is 0 Å². The van der Waals surface area contributed by atoms with Crippen LogP contribution in [0.25, 0.3) is 127 Å². The van der Waals surface area contributed by atoms with E-state index < -0.39 is 0 Å². The summed E-state index contributed by atoms with van der Waals surface area (Å²) in [6, 6.07) is 81.1. The number of hydrogen-bond donors (Lipinski definition) is 1. The number of hydrogen-bond acceptors (Lipinski definition) is 11. The summed E-state index contributed by atoms with van der Waals surface area (Å²) < 4.78 is 6.26. The summed E-state index contributed by atoms with van der Waals surface area (Å²) in [5.41, 5.74) is 12.3. The highest BCUT2D eigenvalue weighted by atomic mass is 15.1. The van der Waals surface area contributed by atoms with Crippen molar-refractivity contribution in [1.82, 2.24) is 13.7 Å². The molecule has 14 heteroatoms. The van der Waals surface area contributed by atoms with Gasteiger partial charge in [-0.25, -0.2) is 0 Å². The fourth-order valence-corrected chi connectivity index (χ4v) is 13.1. The molecule has 0 saturated carbocycles. The molecule has 14 aromatic rings. The highest BCUT2D eigenvalue weighted by Gasteiger charge is 2.29. The van der Waals surface area contributed by atoms with Gasteiger partial charge < -0.3 is 19.1 Å². The smallest absolute Gasteiger partial charge is 0.101 e. The second kappa shape index (κ2) is 21.5. The van der Waals surface area contributed by atoms with Gasteiger partial charge in [-0.15, -0.1) is 0 Å². The third kappa shape index (κ3) is 8.28. The minimum Gasteiger partial charge on any atom is -0.309 e. The minimum atomic E-state index is 0.151. The molecule has 0 aliphatic carbocycles. The fourth-order valence-electron chi connectivity index (χ4n) is 13.1. The molecule has 3 aromatic heterocycles. The largest absolute Gasteiger partial charge is 0.309 e. The molecule has 0 aliphatic rings. The van der Waals surface area contributed by atoms with Gasteiger partial charge in [-0.2, -0.15) is 52.6 Å². The number of fused-ring (bicyclic) bond motifs is 9. The van der Waals surface area contributed by atoms with Crippen LogP contribution in [0.1, 0.15) is 61.2 Å². The maximum Gasteiger partial charge on any atom is 0.101 e. The number of para-hydroxylation sites is 3. The van der Waals surface area contributed by atoms with Crippen LogP contribution in [-0.2, 0) is 0 Å². The number of benzene rings is 11. The Bertz CT molecular complexity index is 6030. The molecule has 0 bridgehead atoms. The van der Waals surface area contributed by atoms with Crippen molar-refractivity contribution in [2.75, 3.05) is 0 Å². The SMILES string of the molecule is N#Cc1cc(C#N)c(-c2ccc3c(c2)c2ccccc2n3-c2ccc(C#N)cc2-c2ccc(C#N)c(-n3c4ccccc4c4cc(-c5c(C#N)cc(C#N)cc5C#N)ccc43)c2-n2c3ccccc3c3cc(-c4c(C#N)cc(C=N)cc4C#N)ccc32)c(C#N)c1. The summed E-state index contributed by atoms with van der Waals surface area (Å²) in [5.74, 6) is 0. The quantitative estimate of drug-likeness (QED) is 0.140. The Hall–Kier alpha value is -14.6. The summed E-state index contributed by atoms with van der Waals surface area (Å²) in [7, 11) is 0. The molecule has 1 N–H and O–H groups in total. The maximum atomic E-state index is 11.7. The molecule has 412 valence electrons. The van der Waals surface area contributed by atoms with E-state index in [2.05, 4.69) is 69.8 Å². The van der Waals surface area contributed by atoms with Crippen molar-refractivity contribution in [2.45, 2.75) is 0 Å². The Labute approximate surface area is 518 Å². The van der Waals surface area contributed by atoms with Crippen molar-refractivity contribution in [2.24, 2.45) is 0 Å². The molecule has 0 spiro atoms. The second-order valence-corrected chi connectivity index (χ2v) is 21.5. The van der Waals surface area contributed by atoms with Gasteiger partial charge in [0, 0.05) is 66.3 Å². The van der Waals surface area contributed by atoms with E-state index in [1.807, 2.05) is 150 Å². The summed E-state index contributed by atoms with van der Waals surface area (Å²) in [4.78, 5) is 0. The molecule has 0 amide bonds. The Morgan fingerprint density at radius 1 is 0.275 bits per heavy atom. The molecule has 0 fully saturated rings. The predicted molar refractivity (Wildman–Crippen MR) is 346 cm³/mol. The number of nitriles is 10. The van der Waals surface area contributed by atoms with Crippen LogP contribution in [0.3, 0.4) is 0 Å². The first-order chi connectivity index (χ1) is 44.6. The number of rotatable bonds is 8. The fraction of sp³-hybridized carbons (Fsp3) is 0. The van der Waals surface area contributed by atoms with E-state index in [9.17, 15) is 52.6 Å². The standard InChI is InChI=1S/C77H34N14/c78-33-44-13-19-69(89-66-10-4-1-7-58(66)63-30-48(15-20-70(63)89)73-52(38-83)23-45(34-79)24-53(73)39-84)62(29-44)61-18-14-51(37-82)76(90-67-11-5-2-8-59(67)64-31-49(16-21-71(64)90)74-54(40-85)25-46(35-80)26-55(74)41-86)77(61)91-68-12-6-3-9-60(68)65-32-50(17-22-72(65)91)75-56(42-87)27-47(36-81)28-57(75)43-88/h1-32,36,81H. The van der Waals surface area contributed by atoms with Gasteiger partial charge in [0.05, 0.1) is 160 Å². The molecular weight excluding hydrogens is 1120 g/mol. The van der Waals surface area contributed by atoms with Gasteiger partial charge in [-0.3, -0.25) is 0 Å². The Balaban J connectivity index is 1.12. The zero-order valence-electron chi connectivity index (χ0n) is 47.4. The zero-order chi connectivity index (χ0) is 62.8. The molecule has 0 saturated heterocycles. The topological polar surface area (TPSA) is 277 Å². The van der Waals surface area contributed by atoms with Crippen LogP contribution in [0, 0.1) is 119 Å². The predicted octanol–water partition coefficient (Wildman–Crippen LogP) is 16.4. The van der Waals surface area contributed by atoms with Crippen LogP contribution in [0.15, 0.2) is 194 Å². The van der Waals surface area contributed by atoms with Crippen molar-refractivity contribution in [3.8, 4) is 122 Å². The molecule has 0 atom stereocenters. The van der Waals surface area contributed by atoms with Gasteiger partial charge in [0.25, 0.3) is 0 Å². The molecule has 11 aromatic carbocycles. The highest BCUT2D eigenvalue weighted by Crippen LogP contribution is 2.48. The van der Waals surface area contributed by atoms with Crippen molar-refractivity contribution in [3.05, 3.63) is 255 Å². The third-order valence-electron chi connectivity index (χ3n) is 16.8. The lowest BCUT2D eigenvalue weighted by Crippen LogP contribution is -2.09. The molecule has 14 rings (SSSR count). The monoisotopic (exact) mass is 1150 g/mol. The third-order valence-corrected chi connectivity index (χ3v) is 16.8. The zero-order valence-corrected chi connectivity index (χ0v) is 47.4. The lowest BCUT2D eigenvalue weighted by molar-refractivity contribution is 1.09. The van der Waals surface area contributed by atoms with E-state index in [4.69, 9.17) is 5.41 Å². The lowest BCUT2D eigenvalue weighted by atomic mass is 9.92. The molecule has 14 nitrogen and oxygen atoms in total. The molecule has 0 aliphatic heterocycles.